The van der Waals surface area contributed by atoms with Gasteiger partial charge in [0.1, 0.15) is 5.75 Å². The minimum Gasteiger partial charge on any atom is -0.496 e. The molecule has 15 heavy (non-hydrogen) atoms. The van der Waals surface area contributed by atoms with E-state index in [1.807, 2.05) is 26.1 Å². The smallest absolute Gasteiger partial charge is 0.227 e. The van der Waals surface area contributed by atoms with E-state index in [4.69, 9.17) is 4.74 Å². The number of ether oxygens (including phenoxy) is 1. The maximum atomic E-state index is 11.5. The fourth-order valence-corrected chi connectivity index (χ4v) is 1.99. The topological polar surface area (TPSA) is 29.5 Å². The van der Waals surface area contributed by atoms with Crippen molar-refractivity contribution in [3.05, 3.63) is 23.3 Å². The minimum atomic E-state index is 0.187. The lowest BCUT2D eigenvalue weighted by Gasteiger charge is -2.26. The Morgan fingerprint density at radius 1 is 1.33 bits per heavy atom. The van der Waals surface area contributed by atoms with Crippen molar-refractivity contribution in [2.75, 3.05) is 19.1 Å². The third-order valence-electron chi connectivity index (χ3n) is 2.94. The number of anilines is 1. The Morgan fingerprint density at radius 3 is 2.73 bits per heavy atom. The number of fused-ring (bicyclic) bond motifs is 1. The highest BCUT2D eigenvalue weighted by atomic mass is 16.5. The van der Waals surface area contributed by atoms with Gasteiger partial charge in [-0.1, -0.05) is 0 Å². The molecule has 0 unspecified atom stereocenters. The number of carbonyl (C=O) groups excluding carboxylic acids is 1. The quantitative estimate of drug-likeness (QED) is 0.701. The van der Waals surface area contributed by atoms with E-state index in [0.717, 1.165) is 23.4 Å². The lowest BCUT2D eigenvalue weighted by Crippen LogP contribution is -2.31. The zero-order valence-electron chi connectivity index (χ0n) is 9.33. The third-order valence-corrected chi connectivity index (χ3v) is 2.94. The molecule has 1 amide bonds. The lowest BCUT2D eigenvalue weighted by atomic mass is 9.99. The Bertz CT molecular complexity index is 412. The van der Waals surface area contributed by atoms with Crippen molar-refractivity contribution >= 4 is 11.6 Å². The monoisotopic (exact) mass is 205 g/mol. The summed E-state index contributed by atoms with van der Waals surface area (Å²) in [4.78, 5) is 13.2. The van der Waals surface area contributed by atoms with E-state index in [-0.39, 0.29) is 5.91 Å². The molecule has 0 saturated carbocycles. The van der Waals surface area contributed by atoms with E-state index >= 15 is 0 Å². The molecule has 0 saturated heterocycles. The molecule has 1 aromatic rings. The van der Waals surface area contributed by atoms with Crippen LogP contribution in [0.3, 0.4) is 0 Å². The van der Waals surface area contributed by atoms with Gasteiger partial charge in [0.05, 0.1) is 7.11 Å². The molecule has 0 aliphatic carbocycles. The molecule has 1 aromatic carbocycles. The van der Waals surface area contributed by atoms with Crippen LogP contribution in [-0.2, 0) is 11.2 Å². The van der Waals surface area contributed by atoms with E-state index in [1.165, 1.54) is 5.56 Å². The van der Waals surface area contributed by atoms with E-state index in [0.29, 0.717) is 6.42 Å². The highest BCUT2D eigenvalue weighted by Gasteiger charge is 2.21. The molecule has 0 aromatic heterocycles. The van der Waals surface area contributed by atoms with Crippen molar-refractivity contribution in [2.24, 2.45) is 0 Å². The summed E-state index contributed by atoms with van der Waals surface area (Å²) in [5.41, 5.74) is 3.28. The van der Waals surface area contributed by atoms with Gasteiger partial charge in [-0.15, -0.1) is 0 Å². The summed E-state index contributed by atoms with van der Waals surface area (Å²) in [6.07, 6.45) is 1.41. The van der Waals surface area contributed by atoms with Crippen LogP contribution in [0.4, 0.5) is 5.69 Å². The van der Waals surface area contributed by atoms with Gasteiger partial charge < -0.3 is 9.64 Å². The Kier molecular flexibility index (Phi) is 2.39. The van der Waals surface area contributed by atoms with Gasteiger partial charge in [-0.3, -0.25) is 4.79 Å². The molecule has 0 radical (unpaired) electrons. The van der Waals surface area contributed by atoms with Crippen LogP contribution in [0.25, 0.3) is 0 Å². The highest BCUT2D eigenvalue weighted by molar-refractivity contribution is 5.96. The van der Waals surface area contributed by atoms with Crippen molar-refractivity contribution in [2.45, 2.75) is 19.8 Å². The van der Waals surface area contributed by atoms with Crippen LogP contribution in [0, 0.1) is 6.92 Å². The fraction of sp³-hybridized carbons (Fsp3) is 0.417. The van der Waals surface area contributed by atoms with Crippen LogP contribution >= 0.6 is 0 Å². The van der Waals surface area contributed by atoms with Crippen LogP contribution < -0.4 is 9.64 Å². The molecule has 3 nitrogen and oxygen atoms in total. The summed E-state index contributed by atoms with van der Waals surface area (Å²) >= 11 is 0. The number of aryl methyl sites for hydroxylation is 2. The van der Waals surface area contributed by atoms with Crippen LogP contribution in [0.2, 0.25) is 0 Å². The van der Waals surface area contributed by atoms with Gasteiger partial charge in [0.25, 0.3) is 0 Å². The summed E-state index contributed by atoms with van der Waals surface area (Å²) in [5.74, 6) is 1.09. The Balaban J connectivity index is 2.52. The summed E-state index contributed by atoms with van der Waals surface area (Å²) in [7, 11) is 3.50. The molecule has 1 aliphatic heterocycles. The molecule has 0 bridgehead atoms. The second-order valence-electron chi connectivity index (χ2n) is 3.90. The second-order valence-corrected chi connectivity index (χ2v) is 3.90. The standard InChI is InChI=1S/C12H15NO2/c1-8-6-10-9(7-11(8)15-3)4-5-12(14)13(10)2/h6-7H,4-5H2,1-3H3. The van der Waals surface area contributed by atoms with E-state index in [1.54, 1.807) is 12.0 Å². The van der Waals surface area contributed by atoms with Crippen molar-refractivity contribution in [3.63, 3.8) is 0 Å². The van der Waals surface area contributed by atoms with Gasteiger partial charge in [-0.25, -0.2) is 0 Å². The number of rotatable bonds is 1. The maximum absolute atomic E-state index is 11.5. The Morgan fingerprint density at radius 2 is 2.07 bits per heavy atom. The van der Waals surface area contributed by atoms with E-state index in [9.17, 15) is 4.79 Å². The van der Waals surface area contributed by atoms with Crippen molar-refractivity contribution in [1.29, 1.82) is 0 Å². The predicted octanol–water partition coefficient (Wildman–Crippen LogP) is 1.91. The van der Waals surface area contributed by atoms with Crippen LogP contribution in [0.5, 0.6) is 5.75 Å². The Labute approximate surface area is 89.7 Å². The molecule has 0 spiro atoms. The predicted molar refractivity (Wildman–Crippen MR) is 59.5 cm³/mol. The summed E-state index contributed by atoms with van der Waals surface area (Å²) in [5, 5.41) is 0. The number of carbonyl (C=O) groups is 1. The Hall–Kier alpha value is -1.51. The van der Waals surface area contributed by atoms with E-state index < -0.39 is 0 Å². The van der Waals surface area contributed by atoms with Crippen LogP contribution in [0.1, 0.15) is 17.5 Å². The lowest BCUT2D eigenvalue weighted by molar-refractivity contribution is -0.118. The molecule has 0 atom stereocenters. The zero-order valence-corrected chi connectivity index (χ0v) is 9.33. The molecule has 1 aliphatic rings. The van der Waals surface area contributed by atoms with Gasteiger partial charge in [0.15, 0.2) is 0 Å². The molecule has 1 heterocycles. The zero-order chi connectivity index (χ0) is 11.0. The minimum absolute atomic E-state index is 0.187. The molecular weight excluding hydrogens is 190 g/mol. The highest BCUT2D eigenvalue weighted by Crippen LogP contribution is 2.32. The molecule has 0 fully saturated rings. The molecule has 3 heteroatoms. The average molecular weight is 205 g/mol. The number of methoxy groups -OCH3 is 1. The second kappa shape index (κ2) is 3.57. The van der Waals surface area contributed by atoms with Crippen LogP contribution in [-0.4, -0.2) is 20.1 Å². The number of nitrogens with zero attached hydrogens (tertiary/aromatic N) is 1. The summed E-state index contributed by atoms with van der Waals surface area (Å²) < 4.78 is 5.27. The first-order valence-corrected chi connectivity index (χ1v) is 5.07. The normalized spacial score (nSPS) is 15.1. The van der Waals surface area contributed by atoms with Gasteiger partial charge in [-0.2, -0.15) is 0 Å². The molecule has 2 rings (SSSR count). The maximum Gasteiger partial charge on any atom is 0.227 e. The van der Waals surface area contributed by atoms with E-state index in [2.05, 4.69) is 0 Å². The number of benzene rings is 1. The molecule has 80 valence electrons. The first-order chi connectivity index (χ1) is 7.13. The average Bonchev–Trinajstić information content (AvgIpc) is 2.24. The number of hydrogen-bond acceptors (Lipinski definition) is 2. The van der Waals surface area contributed by atoms with Gasteiger partial charge in [0.2, 0.25) is 5.91 Å². The van der Waals surface area contributed by atoms with Crippen LogP contribution in [0.15, 0.2) is 12.1 Å². The van der Waals surface area contributed by atoms with Crippen molar-refractivity contribution in [3.8, 4) is 5.75 Å². The van der Waals surface area contributed by atoms with Crippen molar-refractivity contribution in [1.82, 2.24) is 0 Å². The number of hydrogen-bond donors (Lipinski definition) is 0. The third kappa shape index (κ3) is 1.58. The van der Waals surface area contributed by atoms with Crippen molar-refractivity contribution < 1.29 is 9.53 Å². The summed E-state index contributed by atoms with van der Waals surface area (Å²) in [6, 6.07) is 4.05. The first kappa shape index (κ1) is 10.0. The first-order valence-electron chi connectivity index (χ1n) is 5.07. The van der Waals surface area contributed by atoms with Gasteiger partial charge in [0, 0.05) is 19.2 Å². The molecular formula is C12H15NO2. The SMILES string of the molecule is COc1cc2c(cc1C)N(C)C(=O)CC2. The fourth-order valence-electron chi connectivity index (χ4n) is 1.99. The molecule has 0 N–H and O–H groups in total. The number of amides is 1. The van der Waals surface area contributed by atoms with Gasteiger partial charge >= 0.3 is 0 Å². The van der Waals surface area contributed by atoms with Gasteiger partial charge in [-0.05, 0) is 36.6 Å². The largest absolute Gasteiger partial charge is 0.496 e. The summed E-state index contributed by atoms with van der Waals surface area (Å²) in [6.45, 7) is 1.99.